The lowest BCUT2D eigenvalue weighted by Crippen LogP contribution is -2.29. The lowest BCUT2D eigenvalue weighted by molar-refractivity contribution is -0.117. The molecule has 1 aromatic heterocycles. The van der Waals surface area contributed by atoms with Crippen LogP contribution in [0.4, 0.5) is 0 Å². The molecular formula is C25H30N4O2. The number of methoxy groups -OCH3 is 1. The lowest BCUT2D eigenvalue weighted by atomic mass is 10.0. The van der Waals surface area contributed by atoms with Crippen LogP contribution in [0.3, 0.4) is 0 Å². The molecule has 3 rings (SSSR count). The monoisotopic (exact) mass is 418 g/mol. The highest BCUT2D eigenvalue weighted by Crippen LogP contribution is 2.21. The van der Waals surface area contributed by atoms with Gasteiger partial charge < -0.3 is 15.1 Å². The summed E-state index contributed by atoms with van der Waals surface area (Å²) < 4.78 is 4.98. The third-order valence-electron chi connectivity index (χ3n) is 5.23. The van der Waals surface area contributed by atoms with Crippen LogP contribution in [0.1, 0.15) is 18.9 Å². The molecule has 0 atom stereocenters. The summed E-state index contributed by atoms with van der Waals surface area (Å²) in [5, 5.41) is 6.41. The molecule has 0 aliphatic carbocycles. The molecule has 162 valence electrons. The average molecular weight is 419 g/mol. The van der Waals surface area contributed by atoms with Crippen LogP contribution in [0, 0.1) is 0 Å². The molecule has 1 aliphatic heterocycles. The molecule has 1 amide bonds. The molecule has 6 nitrogen and oxygen atoms in total. The van der Waals surface area contributed by atoms with E-state index in [0.717, 1.165) is 28.2 Å². The number of benzene rings is 1. The molecule has 6 heteroatoms. The van der Waals surface area contributed by atoms with Gasteiger partial charge in [0.2, 0.25) is 5.91 Å². The van der Waals surface area contributed by atoms with Crippen molar-refractivity contribution in [2.45, 2.75) is 13.3 Å². The number of ether oxygens (including phenoxy) is 1. The second-order valence-electron chi connectivity index (χ2n) is 7.36. The zero-order valence-electron chi connectivity index (χ0n) is 18.4. The second kappa shape index (κ2) is 10.7. The largest absolute Gasteiger partial charge is 0.383 e. The molecule has 2 N–H and O–H groups in total. The zero-order valence-corrected chi connectivity index (χ0v) is 18.4. The number of allylic oxidation sites excluding steroid dienone is 1. The standard InChI is InChI=1S/C25H30N4O2/c1-5-19(25(30)27-14-15-31-4)10-11-24-18(2)23(12-13-26-24)21-8-6-20(7-9-21)22-16-28-29(3)17-22/h6-13,17,28H,2,5,14-16H2,1,3-4H3,(H,27,30)/b19-10+,24-11+. The van der Waals surface area contributed by atoms with Crippen LogP contribution in [0.5, 0.6) is 0 Å². The van der Waals surface area contributed by atoms with E-state index in [0.29, 0.717) is 25.1 Å². The molecule has 0 unspecified atom stereocenters. The Morgan fingerprint density at radius 2 is 2.03 bits per heavy atom. The van der Waals surface area contributed by atoms with Crippen LogP contribution in [-0.2, 0) is 9.53 Å². The molecular weight excluding hydrogens is 388 g/mol. The highest BCUT2D eigenvalue weighted by molar-refractivity contribution is 5.94. The number of aromatic nitrogens is 1. The van der Waals surface area contributed by atoms with Crippen molar-refractivity contribution in [2.24, 2.45) is 0 Å². The van der Waals surface area contributed by atoms with Crippen molar-refractivity contribution < 1.29 is 9.53 Å². The van der Waals surface area contributed by atoms with Crippen molar-refractivity contribution in [3.63, 3.8) is 0 Å². The maximum atomic E-state index is 12.3. The van der Waals surface area contributed by atoms with Gasteiger partial charge in [-0.1, -0.05) is 43.8 Å². The zero-order chi connectivity index (χ0) is 22.2. The normalized spacial score (nSPS) is 14.7. The number of hydrazine groups is 1. The molecule has 1 aromatic carbocycles. The summed E-state index contributed by atoms with van der Waals surface area (Å²) in [5.41, 5.74) is 8.52. The minimum Gasteiger partial charge on any atom is -0.383 e. The fourth-order valence-corrected chi connectivity index (χ4v) is 3.41. The Balaban J connectivity index is 1.85. The van der Waals surface area contributed by atoms with E-state index in [2.05, 4.69) is 52.8 Å². The van der Waals surface area contributed by atoms with Gasteiger partial charge in [-0.25, -0.2) is 5.43 Å². The second-order valence-corrected chi connectivity index (χ2v) is 7.36. The third-order valence-corrected chi connectivity index (χ3v) is 5.23. The van der Waals surface area contributed by atoms with Crippen LogP contribution in [0.15, 0.2) is 54.4 Å². The molecule has 0 bridgehead atoms. The number of carbonyl (C=O) groups excluding carboxylic acids is 1. The van der Waals surface area contributed by atoms with E-state index in [1.807, 2.05) is 37.2 Å². The van der Waals surface area contributed by atoms with Crippen molar-refractivity contribution in [1.82, 2.24) is 20.7 Å². The average Bonchev–Trinajstić information content (AvgIpc) is 3.22. The summed E-state index contributed by atoms with van der Waals surface area (Å²) in [6, 6.07) is 10.5. The van der Waals surface area contributed by atoms with Crippen LogP contribution in [0.2, 0.25) is 0 Å². The Labute approximate surface area is 183 Å². The Morgan fingerprint density at radius 1 is 1.29 bits per heavy atom. The molecule has 2 aromatic rings. The number of hydrogen-bond donors (Lipinski definition) is 2. The van der Waals surface area contributed by atoms with Gasteiger partial charge in [0.05, 0.1) is 12.0 Å². The van der Waals surface area contributed by atoms with Crippen LogP contribution in [-0.4, -0.2) is 49.8 Å². The first-order valence-electron chi connectivity index (χ1n) is 10.4. The van der Waals surface area contributed by atoms with E-state index >= 15 is 0 Å². The number of amides is 1. The number of nitrogens with one attached hydrogen (secondary N) is 2. The minimum atomic E-state index is -0.0884. The van der Waals surface area contributed by atoms with Crippen LogP contribution in [0.25, 0.3) is 29.4 Å². The van der Waals surface area contributed by atoms with Gasteiger partial charge in [0.1, 0.15) is 0 Å². The van der Waals surface area contributed by atoms with E-state index in [1.54, 1.807) is 13.3 Å². The summed E-state index contributed by atoms with van der Waals surface area (Å²) in [7, 11) is 3.60. The van der Waals surface area contributed by atoms with Gasteiger partial charge in [-0.3, -0.25) is 9.78 Å². The number of rotatable bonds is 8. The van der Waals surface area contributed by atoms with Gasteiger partial charge in [-0.15, -0.1) is 0 Å². The SMILES string of the molecule is C=c1c(-c2ccc(C3=CN(C)NC3)cc2)ccn/c1=C/C=C(\CC)C(=O)NCCOC. The van der Waals surface area contributed by atoms with Crippen molar-refractivity contribution in [1.29, 1.82) is 0 Å². The van der Waals surface area contributed by atoms with E-state index in [-0.39, 0.29) is 5.91 Å². The van der Waals surface area contributed by atoms with Gasteiger partial charge in [-0.2, -0.15) is 0 Å². The molecule has 0 radical (unpaired) electrons. The quantitative estimate of drug-likeness (QED) is 0.506. The minimum absolute atomic E-state index is 0.0884. The third kappa shape index (κ3) is 5.69. The number of nitrogens with zero attached hydrogens (tertiary/aromatic N) is 2. The van der Waals surface area contributed by atoms with E-state index in [4.69, 9.17) is 4.74 Å². The first-order valence-corrected chi connectivity index (χ1v) is 10.4. The molecule has 31 heavy (non-hydrogen) atoms. The van der Waals surface area contributed by atoms with Crippen LogP contribution < -0.4 is 21.3 Å². The van der Waals surface area contributed by atoms with Crippen LogP contribution >= 0.6 is 0 Å². The van der Waals surface area contributed by atoms with Gasteiger partial charge in [0, 0.05) is 50.4 Å². The predicted octanol–water partition coefficient (Wildman–Crippen LogP) is 1.83. The van der Waals surface area contributed by atoms with Gasteiger partial charge in [0.25, 0.3) is 0 Å². The highest BCUT2D eigenvalue weighted by atomic mass is 16.5. The number of pyridine rings is 1. The van der Waals surface area contributed by atoms with Gasteiger partial charge in [-0.05, 0) is 40.8 Å². The van der Waals surface area contributed by atoms with Crippen molar-refractivity contribution in [3.8, 4) is 11.1 Å². The van der Waals surface area contributed by atoms with Gasteiger partial charge >= 0.3 is 0 Å². The highest BCUT2D eigenvalue weighted by Gasteiger charge is 2.10. The van der Waals surface area contributed by atoms with E-state index in [1.165, 1.54) is 11.1 Å². The summed E-state index contributed by atoms with van der Waals surface area (Å²) in [6.07, 6.45) is 8.19. The molecule has 0 saturated carbocycles. The summed E-state index contributed by atoms with van der Waals surface area (Å²) in [5.74, 6) is -0.0884. The van der Waals surface area contributed by atoms with E-state index in [9.17, 15) is 4.79 Å². The molecule has 1 aliphatic rings. The fraction of sp³-hybridized carbons (Fsp3) is 0.280. The summed E-state index contributed by atoms with van der Waals surface area (Å²) in [6.45, 7) is 8.01. The van der Waals surface area contributed by atoms with E-state index < -0.39 is 0 Å². The molecule has 0 fully saturated rings. The maximum Gasteiger partial charge on any atom is 0.247 e. The smallest absolute Gasteiger partial charge is 0.247 e. The van der Waals surface area contributed by atoms with Crippen molar-refractivity contribution >= 4 is 24.1 Å². The topological polar surface area (TPSA) is 66.5 Å². The van der Waals surface area contributed by atoms with Crippen molar-refractivity contribution in [3.05, 3.63) is 70.5 Å². The summed E-state index contributed by atoms with van der Waals surface area (Å²) in [4.78, 5) is 16.8. The molecule has 0 saturated heterocycles. The number of carbonyl (C=O) groups is 1. The molecule has 2 heterocycles. The Kier molecular flexibility index (Phi) is 7.76. The molecule has 0 spiro atoms. The fourth-order valence-electron chi connectivity index (χ4n) is 3.41. The first-order chi connectivity index (χ1) is 15.0. The summed E-state index contributed by atoms with van der Waals surface area (Å²) >= 11 is 0. The maximum absolute atomic E-state index is 12.3. The Morgan fingerprint density at radius 3 is 2.68 bits per heavy atom. The van der Waals surface area contributed by atoms with Gasteiger partial charge in [0.15, 0.2) is 0 Å². The Bertz CT molecular complexity index is 1090. The first kappa shape index (κ1) is 22.5. The van der Waals surface area contributed by atoms with Crippen molar-refractivity contribution in [2.75, 3.05) is 33.9 Å². The predicted molar refractivity (Wildman–Crippen MR) is 126 cm³/mol. The lowest BCUT2D eigenvalue weighted by Gasteiger charge is -2.06. The number of hydrogen-bond acceptors (Lipinski definition) is 5. The Hall–Kier alpha value is -3.22.